The lowest BCUT2D eigenvalue weighted by molar-refractivity contribution is -0.659. The summed E-state index contributed by atoms with van der Waals surface area (Å²) in [5.74, 6) is 0. The van der Waals surface area contributed by atoms with Gasteiger partial charge < -0.3 is 0 Å². The molecule has 1 heterocycles. The fraction of sp³-hybridized carbons (Fsp3) is 0.476. The molecule has 0 unspecified atom stereocenters. The fourth-order valence-corrected chi connectivity index (χ4v) is 3.96. The lowest BCUT2D eigenvalue weighted by atomic mass is 9.87. The third kappa shape index (κ3) is 4.54. The van der Waals surface area contributed by atoms with Crippen molar-refractivity contribution in [3.05, 3.63) is 47.7 Å². The Labute approximate surface area is 146 Å². The first-order chi connectivity index (χ1) is 11.2. The van der Waals surface area contributed by atoms with E-state index in [2.05, 4.69) is 62.6 Å². The molecule has 2 aromatic rings. The zero-order valence-electron chi connectivity index (χ0n) is 17.9. The molecule has 0 saturated carbocycles. The molecule has 1 nitrogen and oxygen atoms in total. The van der Waals surface area contributed by atoms with E-state index in [4.69, 9.17) is 2.74 Å². The van der Waals surface area contributed by atoms with Crippen molar-refractivity contribution in [2.24, 2.45) is 12.5 Å². The SMILES string of the molecule is [2H]C([2H])(c1ccc(-c2ccc([Si](C)(C)C)c[n+]2C)c(C)c1)C(C)(C)C. The molecule has 23 heavy (non-hydrogen) atoms. The third-order valence-electron chi connectivity index (χ3n) is 4.02. The largest absolute Gasteiger partial charge is 0.212 e. The maximum atomic E-state index is 8.50. The average molecular weight is 329 g/mol. The molecule has 0 saturated heterocycles. The second kappa shape index (κ2) is 6.24. The molecular formula is C21H32NSi+. The highest BCUT2D eigenvalue weighted by atomic mass is 28.3. The molecule has 0 radical (unpaired) electrons. The first-order valence-electron chi connectivity index (χ1n) is 9.37. The molecule has 2 rings (SSSR count). The van der Waals surface area contributed by atoms with E-state index >= 15 is 0 Å². The lowest BCUT2D eigenvalue weighted by Gasteiger charge is -2.19. The topological polar surface area (TPSA) is 3.88 Å². The predicted molar refractivity (Wildman–Crippen MR) is 104 cm³/mol. The minimum absolute atomic E-state index is 0.440. The van der Waals surface area contributed by atoms with Gasteiger partial charge in [-0.1, -0.05) is 58.6 Å². The first kappa shape index (κ1) is 15.1. The van der Waals surface area contributed by atoms with Crippen LogP contribution in [0, 0.1) is 12.3 Å². The van der Waals surface area contributed by atoms with Gasteiger partial charge in [-0.3, -0.25) is 0 Å². The lowest BCUT2D eigenvalue weighted by Crippen LogP contribution is -2.44. The minimum atomic E-state index is -1.36. The number of hydrogen-bond donors (Lipinski definition) is 0. The molecule has 0 N–H and O–H groups in total. The van der Waals surface area contributed by atoms with Gasteiger partial charge in [-0.15, -0.1) is 0 Å². The smallest absolute Gasteiger partial charge is 0.201 e. The molecule has 1 aromatic heterocycles. The third-order valence-corrected chi connectivity index (χ3v) is 6.05. The van der Waals surface area contributed by atoms with Gasteiger partial charge in [0.15, 0.2) is 6.20 Å². The van der Waals surface area contributed by atoms with E-state index in [1.807, 2.05) is 32.9 Å². The van der Waals surface area contributed by atoms with Gasteiger partial charge >= 0.3 is 0 Å². The molecule has 0 aliphatic heterocycles. The van der Waals surface area contributed by atoms with E-state index in [1.54, 1.807) is 0 Å². The number of nitrogens with zero attached hydrogens (tertiary/aromatic N) is 1. The summed E-state index contributed by atoms with van der Waals surface area (Å²) < 4.78 is 19.2. The summed E-state index contributed by atoms with van der Waals surface area (Å²) in [7, 11) is 0.771. The van der Waals surface area contributed by atoms with Crippen LogP contribution in [0.1, 0.15) is 34.6 Å². The van der Waals surface area contributed by atoms with E-state index < -0.39 is 19.9 Å². The van der Waals surface area contributed by atoms with Crippen molar-refractivity contribution in [2.75, 3.05) is 0 Å². The molecule has 0 fully saturated rings. The highest BCUT2D eigenvalue weighted by Gasteiger charge is 2.22. The van der Waals surface area contributed by atoms with Crippen molar-refractivity contribution in [1.29, 1.82) is 0 Å². The van der Waals surface area contributed by atoms with Crippen LogP contribution in [0.2, 0.25) is 19.6 Å². The predicted octanol–water partition coefficient (Wildman–Crippen LogP) is 4.62. The summed E-state index contributed by atoms with van der Waals surface area (Å²) in [6.07, 6.45) is 0.892. The van der Waals surface area contributed by atoms with Crippen LogP contribution in [0.4, 0.5) is 0 Å². The van der Waals surface area contributed by atoms with E-state index in [1.165, 1.54) is 10.9 Å². The highest BCUT2D eigenvalue weighted by molar-refractivity contribution is 6.88. The molecule has 0 bridgehead atoms. The van der Waals surface area contributed by atoms with Gasteiger partial charge in [0.2, 0.25) is 5.69 Å². The summed E-state index contributed by atoms with van der Waals surface area (Å²) in [6, 6.07) is 10.5. The van der Waals surface area contributed by atoms with Crippen molar-refractivity contribution in [1.82, 2.24) is 0 Å². The van der Waals surface area contributed by atoms with Gasteiger partial charge in [0, 0.05) is 19.6 Å². The Morgan fingerprint density at radius 3 is 2.22 bits per heavy atom. The fourth-order valence-electron chi connectivity index (χ4n) is 2.79. The maximum absolute atomic E-state index is 8.50. The molecule has 0 aliphatic carbocycles. The normalized spacial score (nSPS) is 14.4. The average Bonchev–Trinajstić information content (AvgIpc) is 2.45. The van der Waals surface area contributed by atoms with Crippen LogP contribution in [0.15, 0.2) is 36.5 Å². The Kier molecular flexibility index (Phi) is 4.10. The van der Waals surface area contributed by atoms with Crippen molar-refractivity contribution < 1.29 is 7.31 Å². The Bertz CT molecular complexity index is 783. The molecule has 0 aliphatic rings. The van der Waals surface area contributed by atoms with E-state index in [-0.39, 0.29) is 0 Å². The monoisotopic (exact) mass is 328 g/mol. The van der Waals surface area contributed by atoms with Crippen molar-refractivity contribution in [3.63, 3.8) is 0 Å². The van der Waals surface area contributed by atoms with Crippen molar-refractivity contribution >= 4 is 13.3 Å². The maximum Gasteiger partial charge on any atom is 0.212 e. The molecule has 0 amide bonds. The van der Waals surface area contributed by atoms with E-state index in [0.717, 1.165) is 16.7 Å². The number of benzene rings is 1. The van der Waals surface area contributed by atoms with Crippen LogP contribution in [-0.2, 0) is 13.4 Å². The molecule has 1 aromatic carbocycles. The molecule has 0 atom stereocenters. The van der Waals surface area contributed by atoms with Gasteiger partial charge in [0.05, 0.1) is 8.07 Å². The zero-order chi connectivity index (χ0) is 19.2. The van der Waals surface area contributed by atoms with E-state index in [0.29, 0.717) is 0 Å². The Morgan fingerprint density at radius 1 is 1.09 bits per heavy atom. The Balaban J connectivity index is 2.50. The number of aryl methyl sites for hydroxylation is 2. The van der Waals surface area contributed by atoms with Crippen LogP contribution < -0.4 is 9.75 Å². The van der Waals surface area contributed by atoms with Gasteiger partial charge in [-0.05, 0) is 35.9 Å². The van der Waals surface area contributed by atoms with Gasteiger partial charge in [0.1, 0.15) is 7.05 Å². The summed E-state index contributed by atoms with van der Waals surface area (Å²) in [6.45, 7) is 15.0. The molecule has 124 valence electrons. The number of rotatable bonds is 3. The Hall–Kier alpha value is -1.41. The second-order valence-corrected chi connectivity index (χ2v) is 13.6. The summed E-state index contributed by atoms with van der Waals surface area (Å²) >= 11 is 0. The van der Waals surface area contributed by atoms with Crippen LogP contribution in [0.3, 0.4) is 0 Å². The van der Waals surface area contributed by atoms with Crippen LogP contribution >= 0.6 is 0 Å². The summed E-state index contributed by atoms with van der Waals surface area (Å²) in [5, 5.41) is 1.44. The molecule has 0 spiro atoms. The summed E-state index contributed by atoms with van der Waals surface area (Å²) in [4.78, 5) is 0. The van der Waals surface area contributed by atoms with Crippen LogP contribution in [0.5, 0.6) is 0 Å². The molecular weight excluding hydrogens is 294 g/mol. The second-order valence-electron chi connectivity index (χ2n) is 8.57. The van der Waals surface area contributed by atoms with E-state index in [9.17, 15) is 0 Å². The number of pyridine rings is 1. The quantitative estimate of drug-likeness (QED) is 0.572. The Morgan fingerprint density at radius 2 is 1.74 bits per heavy atom. The number of aromatic nitrogens is 1. The van der Waals surface area contributed by atoms with Crippen molar-refractivity contribution in [3.8, 4) is 11.3 Å². The highest BCUT2D eigenvalue weighted by Crippen LogP contribution is 2.25. The van der Waals surface area contributed by atoms with Gasteiger partial charge in [0.25, 0.3) is 0 Å². The first-order valence-corrected chi connectivity index (χ1v) is 11.9. The van der Waals surface area contributed by atoms with Crippen LogP contribution in [0.25, 0.3) is 11.3 Å². The minimum Gasteiger partial charge on any atom is -0.201 e. The number of hydrogen-bond acceptors (Lipinski definition) is 0. The summed E-state index contributed by atoms with van der Waals surface area (Å²) in [5.41, 5.74) is 3.76. The van der Waals surface area contributed by atoms with Crippen molar-refractivity contribution in [2.45, 2.75) is 53.7 Å². The van der Waals surface area contributed by atoms with Gasteiger partial charge in [-0.2, -0.15) is 0 Å². The standard InChI is InChI=1S/C21H32NSi/c1-16-13-17(14-21(2,3)4)9-11-19(16)20-12-10-18(15-22(20)5)23(6,7)8/h9-13,15H,14H2,1-8H3/q+1/i14D2. The van der Waals surface area contributed by atoms with Crippen LogP contribution in [-0.4, -0.2) is 8.07 Å². The molecule has 2 heteroatoms. The zero-order valence-corrected chi connectivity index (χ0v) is 16.9. The van der Waals surface area contributed by atoms with Gasteiger partial charge in [-0.25, -0.2) is 4.57 Å².